The van der Waals surface area contributed by atoms with E-state index in [1.54, 1.807) is 0 Å². The lowest BCUT2D eigenvalue weighted by Crippen LogP contribution is -2.28. The van der Waals surface area contributed by atoms with Crippen LogP contribution in [0.2, 0.25) is 0 Å². The summed E-state index contributed by atoms with van der Waals surface area (Å²) in [5.41, 5.74) is -0.456. The normalized spacial score (nSPS) is 11.7. The summed E-state index contributed by atoms with van der Waals surface area (Å²) in [6.45, 7) is 0. The van der Waals surface area contributed by atoms with Crippen LogP contribution in [0.25, 0.3) is 11.0 Å². The van der Waals surface area contributed by atoms with Gasteiger partial charge in [0.1, 0.15) is 0 Å². The second-order valence-electron chi connectivity index (χ2n) is 4.49. The van der Waals surface area contributed by atoms with E-state index in [0.29, 0.717) is 35.4 Å². The number of nitrogens with one attached hydrogen (secondary N) is 3. The molecule has 1 aromatic carbocycles. The van der Waals surface area contributed by atoms with Crippen molar-refractivity contribution in [3.05, 3.63) is 38.9 Å². The molecule has 2 aromatic rings. The third-order valence-electron chi connectivity index (χ3n) is 2.79. The highest BCUT2D eigenvalue weighted by Gasteiger charge is 2.10. The fourth-order valence-corrected chi connectivity index (χ4v) is 3.16. The fraction of sp³-hybridized carbons (Fsp3) is 0.333. The van der Waals surface area contributed by atoms with Gasteiger partial charge in [-0.15, -0.1) is 11.6 Å². The van der Waals surface area contributed by atoms with E-state index in [9.17, 15) is 18.0 Å². The summed E-state index contributed by atoms with van der Waals surface area (Å²) < 4.78 is 26.1. The molecule has 0 amide bonds. The molecule has 114 valence electrons. The minimum absolute atomic E-state index is 0.0279. The Bertz CT molecular complexity index is 857. The molecular weight excluding hydrogens is 318 g/mol. The highest BCUT2D eigenvalue weighted by atomic mass is 35.5. The molecule has 0 unspecified atom stereocenters. The molecule has 0 saturated heterocycles. The molecule has 21 heavy (non-hydrogen) atoms. The number of halogens is 1. The van der Waals surface area contributed by atoms with Crippen LogP contribution in [-0.2, 0) is 10.0 Å². The maximum Gasteiger partial charge on any atom is 0.314 e. The minimum atomic E-state index is -3.47. The Kier molecular flexibility index (Phi) is 4.69. The standard InChI is InChI=1S/C12H14ClN3O4S/c13-5-1-2-6-21(19,20)16-8-3-4-9-10(7-8)15-12(18)11(17)14-9/h3-4,7,16H,1-2,5-6H2,(H,14,17)(H,15,18). The topological polar surface area (TPSA) is 112 Å². The quantitative estimate of drug-likeness (QED) is 0.416. The number of aromatic amines is 2. The van der Waals surface area contributed by atoms with Crippen molar-refractivity contribution >= 4 is 38.3 Å². The average molecular weight is 332 g/mol. The molecule has 3 N–H and O–H groups in total. The van der Waals surface area contributed by atoms with E-state index in [-0.39, 0.29) is 5.75 Å². The van der Waals surface area contributed by atoms with Gasteiger partial charge in [0, 0.05) is 5.88 Å². The smallest absolute Gasteiger partial charge is 0.314 e. The van der Waals surface area contributed by atoms with Gasteiger partial charge in [-0.2, -0.15) is 0 Å². The van der Waals surface area contributed by atoms with E-state index in [1.807, 2.05) is 0 Å². The second-order valence-corrected chi connectivity index (χ2v) is 6.71. The van der Waals surface area contributed by atoms with Gasteiger partial charge in [-0.3, -0.25) is 14.3 Å². The summed E-state index contributed by atoms with van der Waals surface area (Å²) in [5, 5.41) is 0. The summed E-state index contributed by atoms with van der Waals surface area (Å²) >= 11 is 5.51. The number of fused-ring (bicyclic) bond motifs is 1. The molecule has 7 nitrogen and oxygen atoms in total. The Labute approximate surface area is 125 Å². The average Bonchev–Trinajstić information content (AvgIpc) is 2.40. The fourth-order valence-electron chi connectivity index (χ4n) is 1.80. The molecular formula is C12H14ClN3O4S. The van der Waals surface area contributed by atoms with Crippen molar-refractivity contribution in [2.75, 3.05) is 16.4 Å². The summed E-state index contributed by atoms with van der Waals surface area (Å²) in [4.78, 5) is 27.2. The van der Waals surface area contributed by atoms with E-state index in [1.165, 1.54) is 18.2 Å². The van der Waals surface area contributed by atoms with Crippen molar-refractivity contribution in [1.82, 2.24) is 9.97 Å². The SMILES string of the molecule is O=c1[nH]c2ccc(NS(=O)(=O)CCCCCl)cc2[nH]c1=O. The van der Waals surface area contributed by atoms with Gasteiger partial charge in [0.2, 0.25) is 10.0 Å². The molecule has 0 radical (unpaired) electrons. The molecule has 0 spiro atoms. The molecule has 0 saturated carbocycles. The first-order chi connectivity index (χ1) is 9.91. The number of anilines is 1. The van der Waals surface area contributed by atoms with Crippen LogP contribution in [0.15, 0.2) is 27.8 Å². The molecule has 0 bridgehead atoms. The zero-order valence-corrected chi connectivity index (χ0v) is 12.6. The van der Waals surface area contributed by atoms with Crippen molar-refractivity contribution in [2.45, 2.75) is 12.8 Å². The summed E-state index contributed by atoms with van der Waals surface area (Å²) in [5.74, 6) is 0.389. The molecule has 0 atom stereocenters. The molecule has 0 aliphatic rings. The Morgan fingerprint density at radius 1 is 1.05 bits per heavy atom. The number of alkyl halides is 1. The maximum absolute atomic E-state index is 11.8. The van der Waals surface area contributed by atoms with E-state index >= 15 is 0 Å². The van der Waals surface area contributed by atoms with Crippen LogP contribution in [0.5, 0.6) is 0 Å². The lowest BCUT2D eigenvalue weighted by Gasteiger charge is -2.08. The van der Waals surface area contributed by atoms with Crippen molar-refractivity contribution in [2.24, 2.45) is 0 Å². The van der Waals surface area contributed by atoms with Crippen LogP contribution in [-0.4, -0.2) is 30.0 Å². The van der Waals surface area contributed by atoms with Gasteiger partial charge in [0.05, 0.1) is 22.5 Å². The first kappa shape index (κ1) is 15.6. The molecule has 9 heteroatoms. The minimum Gasteiger partial charge on any atom is -0.316 e. The van der Waals surface area contributed by atoms with Crippen molar-refractivity contribution in [1.29, 1.82) is 0 Å². The number of benzene rings is 1. The van der Waals surface area contributed by atoms with Crippen LogP contribution >= 0.6 is 11.6 Å². The Balaban J connectivity index is 2.25. The Hall–Kier alpha value is -1.80. The van der Waals surface area contributed by atoms with E-state index in [4.69, 9.17) is 11.6 Å². The summed E-state index contributed by atoms with van der Waals surface area (Å²) in [6, 6.07) is 4.48. The number of aromatic nitrogens is 2. The van der Waals surface area contributed by atoms with Gasteiger partial charge in [-0.25, -0.2) is 8.42 Å². The largest absolute Gasteiger partial charge is 0.316 e. The summed E-state index contributed by atoms with van der Waals surface area (Å²) in [7, 11) is -3.47. The highest BCUT2D eigenvalue weighted by Crippen LogP contribution is 2.15. The number of sulfonamides is 1. The Morgan fingerprint density at radius 3 is 2.38 bits per heavy atom. The first-order valence-corrected chi connectivity index (χ1v) is 8.43. The van der Waals surface area contributed by atoms with Crippen LogP contribution in [0.3, 0.4) is 0 Å². The molecule has 1 aromatic heterocycles. The molecule has 0 aliphatic heterocycles. The predicted molar refractivity (Wildman–Crippen MR) is 82.6 cm³/mol. The highest BCUT2D eigenvalue weighted by molar-refractivity contribution is 7.92. The van der Waals surface area contributed by atoms with Crippen molar-refractivity contribution in [3.8, 4) is 0 Å². The second kappa shape index (κ2) is 6.31. The monoisotopic (exact) mass is 331 g/mol. The zero-order chi connectivity index (χ0) is 15.5. The number of H-pyrrole nitrogens is 2. The van der Waals surface area contributed by atoms with Gasteiger partial charge in [-0.1, -0.05) is 0 Å². The van der Waals surface area contributed by atoms with Gasteiger partial charge in [0.15, 0.2) is 0 Å². The van der Waals surface area contributed by atoms with E-state index in [0.717, 1.165) is 0 Å². The lowest BCUT2D eigenvalue weighted by molar-refractivity contribution is 0.598. The maximum atomic E-state index is 11.8. The van der Waals surface area contributed by atoms with Crippen LogP contribution < -0.4 is 15.8 Å². The van der Waals surface area contributed by atoms with Gasteiger partial charge in [0.25, 0.3) is 0 Å². The number of rotatable bonds is 6. The van der Waals surface area contributed by atoms with Crippen molar-refractivity contribution in [3.63, 3.8) is 0 Å². The number of hydrogen-bond donors (Lipinski definition) is 3. The number of unbranched alkanes of at least 4 members (excludes halogenated alkanes) is 1. The third-order valence-corrected chi connectivity index (χ3v) is 4.43. The Morgan fingerprint density at radius 2 is 1.71 bits per heavy atom. The summed E-state index contributed by atoms with van der Waals surface area (Å²) in [6.07, 6.45) is 1.09. The number of hydrogen-bond acceptors (Lipinski definition) is 4. The molecule has 0 fully saturated rings. The lowest BCUT2D eigenvalue weighted by atomic mass is 10.3. The van der Waals surface area contributed by atoms with E-state index in [2.05, 4.69) is 14.7 Å². The first-order valence-electron chi connectivity index (χ1n) is 6.24. The van der Waals surface area contributed by atoms with Gasteiger partial charge < -0.3 is 9.97 Å². The van der Waals surface area contributed by atoms with Crippen LogP contribution in [0.4, 0.5) is 5.69 Å². The van der Waals surface area contributed by atoms with Crippen LogP contribution in [0.1, 0.15) is 12.8 Å². The molecule has 0 aliphatic carbocycles. The third kappa shape index (κ3) is 4.08. The molecule has 2 rings (SSSR count). The zero-order valence-electron chi connectivity index (χ0n) is 11.0. The van der Waals surface area contributed by atoms with Crippen LogP contribution in [0, 0.1) is 0 Å². The van der Waals surface area contributed by atoms with E-state index < -0.39 is 21.1 Å². The molecule has 1 heterocycles. The van der Waals surface area contributed by atoms with Crippen molar-refractivity contribution < 1.29 is 8.42 Å². The van der Waals surface area contributed by atoms with Gasteiger partial charge in [-0.05, 0) is 31.0 Å². The predicted octanol–water partition coefficient (Wildman–Crippen LogP) is 0.977. The van der Waals surface area contributed by atoms with Gasteiger partial charge >= 0.3 is 11.1 Å².